The van der Waals surface area contributed by atoms with E-state index in [0.717, 1.165) is 50.2 Å². The maximum atomic E-state index is 12.9. The van der Waals surface area contributed by atoms with E-state index in [4.69, 9.17) is 4.74 Å². The lowest BCUT2D eigenvalue weighted by Gasteiger charge is -2.55. The summed E-state index contributed by atoms with van der Waals surface area (Å²) in [5, 5.41) is 3.47. The first kappa shape index (κ1) is 26.3. The molecule has 2 aliphatic carbocycles. The fraction of sp³-hybridized carbons (Fsp3) is 0.606. The average Bonchev–Trinajstić information content (AvgIpc) is 3.73. The maximum Gasteiger partial charge on any atom is 0.220 e. The Kier molecular flexibility index (Phi) is 8.24. The highest BCUT2D eigenvalue weighted by Gasteiger charge is 2.53. The molecule has 1 N–H and O–H groups in total. The van der Waals surface area contributed by atoms with Crippen LogP contribution in [0.2, 0.25) is 0 Å². The molecule has 3 fully saturated rings. The van der Waals surface area contributed by atoms with Gasteiger partial charge in [-0.3, -0.25) is 4.79 Å². The van der Waals surface area contributed by atoms with Crippen LogP contribution in [0.25, 0.3) is 0 Å². The van der Waals surface area contributed by atoms with Gasteiger partial charge < -0.3 is 14.5 Å². The number of carbonyl (C=O) groups is 1. The van der Waals surface area contributed by atoms with Crippen molar-refractivity contribution < 1.29 is 14.0 Å². The molecule has 3 aliphatic rings. The largest absolute Gasteiger partial charge is 0.497 e. The number of hydrogen-bond acceptors (Lipinski definition) is 2. The Labute approximate surface area is 224 Å². The molecule has 37 heavy (non-hydrogen) atoms. The van der Waals surface area contributed by atoms with E-state index in [-0.39, 0.29) is 17.4 Å². The van der Waals surface area contributed by atoms with E-state index in [2.05, 4.69) is 67.0 Å². The number of rotatable bonds is 11. The predicted molar refractivity (Wildman–Crippen MR) is 151 cm³/mol. The van der Waals surface area contributed by atoms with Gasteiger partial charge in [-0.2, -0.15) is 0 Å². The van der Waals surface area contributed by atoms with Gasteiger partial charge >= 0.3 is 0 Å². The van der Waals surface area contributed by atoms with Crippen molar-refractivity contribution in [3.05, 3.63) is 65.7 Å². The Morgan fingerprint density at radius 3 is 2.65 bits per heavy atom. The Balaban J connectivity index is 1.19. The Morgan fingerprint density at radius 1 is 1.03 bits per heavy atom. The van der Waals surface area contributed by atoms with Gasteiger partial charge in [0.1, 0.15) is 5.75 Å². The molecule has 4 heteroatoms. The molecule has 0 radical (unpaired) electrons. The fourth-order valence-corrected chi connectivity index (χ4v) is 7.43. The maximum absolute atomic E-state index is 12.9. The minimum absolute atomic E-state index is 0.141. The minimum Gasteiger partial charge on any atom is -0.497 e. The molecule has 1 aliphatic heterocycles. The number of unbranched alkanes of at least 4 members (excludes halogenated alkanes) is 2. The number of likely N-dealkylation sites (tertiary alicyclic amines) is 1. The van der Waals surface area contributed by atoms with Gasteiger partial charge in [0.15, 0.2) is 0 Å². The Morgan fingerprint density at radius 2 is 1.86 bits per heavy atom. The van der Waals surface area contributed by atoms with Gasteiger partial charge in [0.2, 0.25) is 5.91 Å². The standard InChI is InChI=1S/C33H46N2O2/c1-35(24-27-16-17-27)21-20-33(28-13-9-14-31(22-28)37-2)23-30(19-18-29(33)25-35)34-32(36)15-8-4-7-12-26-10-5-3-6-11-26/h3,5-6,9-11,13-14,22,27,29-30H,4,7-8,12,15-21,23-25H2,1-2H3/p+1/t29?,30-,33+,35-/m1/s1. The third kappa shape index (κ3) is 6.57. The second-order valence-corrected chi connectivity index (χ2v) is 12.6. The molecule has 4 atom stereocenters. The van der Waals surface area contributed by atoms with Crippen LogP contribution in [-0.4, -0.2) is 50.2 Å². The van der Waals surface area contributed by atoms with Crippen molar-refractivity contribution in [2.45, 2.75) is 82.1 Å². The molecular weight excluding hydrogens is 456 g/mol. The average molecular weight is 504 g/mol. The lowest BCUT2D eigenvalue weighted by atomic mass is 9.57. The van der Waals surface area contributed by atoms with Gasteiger partial charge in [0.25, 0.3) is 0 Å². The molecule has 1 heterocycles. The molecule has 1 amide bonds. The van der Waals surface area contributed by atoms with Gasteiger partial charge in [-0.05, 0) is 74.6 Å². The predicted octanol–water partition coefficient (Wildman–Crippen LogP) is 6.28. The van der Waals surface area contributed by atoms with Crippen molar-refractivity contribution in [1.82, 2.24) is 5.32 Å². The van der Waals surface area contributed by atoms with Crippen molar-refractivity contribution in [3.8, 4) is 5.75 Å². The van der Waals surface area contributed by atoms with Gasteiger partial charge in [-0.15, -0.1) is 0 Å². The van der Waals surface area contributed by atoms with E-state index in [1.807, 2.05) is 0 Å². The zero-order valence-corrected chi connectivity index (χ0v) is 23.1. The number of amides is 1. The number of nitrogens with one attached hydrogen (secondary N) is 1. The second kappa shape index (κ2) is 11.6. The quantitative estimate of drug-likeness (QED) is 0.289. The Bertz CT molecular complexity index is 1040. The molecule has 0 bridgehead atoms. The molecule has 200 valence electrons. The van der Waals surface area contributed by atoms with Gasteiger partial charge in [0.05, 0.1) is 33.8 Å². The van der Waals surface area contributed by atoms with E-state index in [1.165, 1.54) is 60.9 Å². The zero-order chi connectivity index (χ0) is 25.7. The number of methoxy groups -OCH3 is 1. The summed E-state index contributed by atoms with van der Waals surface area (Å²) >= 11 is 0. The first-order valence-electron chi connectivity index (χ1n) is 14.8. The van der Waals surface area contributed by atoms with Gasteiger partial charge in [0, 0.05) is 36.1 Å². The SMILES string of the molecule is COc1cccc([C@@]23CC[N@+](C)(CC4CC4)CC2CC[C@@H](NC(=O)CCCCCc2ccccc2)C3)c1. The number of aryl methyl sites for hydroxylation is 1. The van der Waals surface area contributed by atoms with Crippen molar-refractivity contribution in [1.29, 1.82) is 0 Å². The number of carbonyl (C=O) groups excluding carboxylic acids is 1. The minimum atomic E-state index is 0.141. The van der Waals surface area contributed by atoms with Crippen LogP contribution in [0.5, 0.6) is 5.75 Å². The van der Waals surface area contributed by atoms with Crippen LogP contribution < -0.4 is 10.1 Å². The zero-order valence-electron chi connectivity index (χ0n) is 23.1. The topological polar surface area (TPSA) is 38.3 Å². The van der Waals surface area contributed by atoms with Crippen LogP contribution in [0.1, 0.15) is 75.3 Å². The van der Waals surface area contributed by atoms with Crippen molar-refractivity contribution in [2.24, 2.45) is 11.8 Å². The molecule has 0 spiro atoms. The highest BCUT2D eigenvalue weighted by atomic mass is 16.5. The number of hydrogen-bond donors (Lipinski definition) is 1. The first-order chi connectivity index (χ1) is 18.0. The van der Waals surface area contributed by atoms with Gasteiger partial charge in [-0.1, -0.05) is 48.9 Å². The fourth-order valence-electron chi connectivity index (χ4n) is 7.43. The molecule has 2 aromatic rings. The van der Waals surface area contributed by atoms with Crippen LogP contribution in [0.15, 0.2) is 54.6 Å². The monoisotopic (exact) mass is 503 g/mol. The number of benzene rings is 2. The summed E-state index contributed by atoms with van der Waals surface area (Å²) in [5.74, 6) is 2.82. The highest BCUT2D eigenvalue weighted by Crippen LogP contribution is 2.51. The summed E-state index contributed by atoms with van der Waals surface area (Å²) in [6.45, 7) is 3.87. The number of nitrogens with zero attached hydrogens (tertiary/aromatic N) is 1. The summed E-state index contributed by atoms with van der Waals surface area (Å²) in [6.07, 6.45) is 12.4. The van der Waals surface area contributed by atoms with Crippen molar-refractivity contribution in [3.63, 3.8) is 0 Å². The third-order valence-electron chi connectivity index (χ3n) is 9.63. The third-order valence-corrected chi connectivity index (χ3v) is 9.63. The van der Waals surface area contributed by atoms with Crippen molar-refractivity contribution >= 4 is 5.91 Å². The smallest absolute Gasteiger partial charge is 0.220 e. The van der Waals surface area contributed by atoms with Crippen molar-refractivity contribution in [2.75, 3.05) is 33.8 Å². The van der Waals surface area contributed by atoms with Crippen LogP contribution in [-0.2, 0) is 16.6 Å². The summed E-state index contributed by atoms with van der Waals surface area (Å²) in [5.41, 5.74) is 2.96. The molecule has 5 rings (SSSR count). The van der Waals surface area contributed by atoms with E-state index in [9.17, 15) is 4.79 Å². The summed E-state index contributed by atoms with van der Waals surface area (Å²) < 4.78 is 6.87. The lowest BCUT2D eigenvalue weighted by Crippen LogP contribution is -2.62. The van der Waals surface area contributed by atoms with Crippen LogP contribution in [0.3, 0.4) is 0 Å². The normalized spacial score (nSPS) is 29.4. The molecule has 2 saturated carbocycles. The summed E-state index contributed by atoms with van der Waals surface area (Å²) in [6, 6.07) is 19.8. The molecule has 4 nitrogen and oxygen atoms in total. The summed E-state index contributed by atoms with van der Waals surface area (Å²) in [7, 11) is 4.27. The second-order valence-electron chi connectivity index (χ2n) is 12.6. The first-order valence-corrected chi connectivity index (χ1v) is 14.8. The molecule has 1 unspecified atom stereocenters. The molecule has 0 aromatic heterocycles. The van der Waals surface area contributed by atoms with Crippen LogP contribution in [0, 0.1) is 11.8 Å². The van der Waals surface area contributed by atoms with E-state index in [1.54, 1.807) is 7.11 Å². The lowest BCUT2D eigenvalue weighted by molar-refractivity contribution is -0.921. The van der Waals surface area contributed by atoms with E-state index < -0.39 is 0 Å². The number of quaternary nitrogens is 1. The number of ether oxygens (including phenoxy) is 1. The van der Waals surface area contributed by atoms with Crippen LogP contribution >= 0.6 is 0 Å². The molecular formula is C33H47N2O2+. The summed E-state index contributed by atoms with van der Waals surface area (Å²) in [4.78, 5) is 12.9. The van der Waals surface area contributed by atoms with Gasteiger partial charge in [-0.25, -0.2) is 0 Å². The molecule has 2 aromatic carbocycles. The number of fused-ring (bicyclic) bond motifs is 1. The van der Waals surface area contributed by atoms with E-state index in [0.29, 0.717) is 12.3 Å². The Hall–Kier alpha value is -2.33. The number of piperidine rings is 1. The van der Waals surface area contributed by atoms with Crippen LogP contribution in [0.4, 0.5) is 0 Å². The van der Waals surface area contributed by atoms with E-state index >= 15 is 0 Å². The highest BCUT2D eigenvalue weighted by molar-refractivity contribution is 5.76. The molecule has 1 saturated heterocycles.